The van der Waals surface area contributed by atoms with E-state index in [1.807, 2.05) is 0 Å². The van der Waals surface area contributed by atoms with E-state index >= 15 is 0 Å². The molecule has 10 rings (SSSR count). The van der Waals surface area contributed by atoms with E-state index in [9.17, 15) is 0 Å². The summed E-state index contributed by atoms with van der Waals surface area (Å²) in [5.74, 6) is 0. The maximum Gasteiger partial charge on any atom is 0.0467 e. The summed E-state index contributed by atoms with van der Waals surface area (Å²) < 4.78 is 0. The van der Waals surface area contributed by atoms with E-state index in [1.54, 1.807) is 0 Å². The molecule has 0 N–H and O–H groups in total. The smallest absolute Gasteiger partial charge is 0.0467 e. The van der Waals surface area contributed by atoms with Gasteiger partial charge in [-0.15, -0.1) is 0 Å². The first-order valence-electron chi connectivity index (χ1n) is 19.6. The summed E-state index contributed by atoms with van der Waals surface area (Å²) in [6.07, 6.45) is 0. The van der Waals surface area contributed by atoms with Crippen LogP contribution in [0.15, 0.2) is 237 Å². The van der Waals surface area contributed by atoms with E-state index in [-0.39, 0.29) is 0 Å². The van der Waals surface area contributed by atoms with Crippen molar-refractivity contribution >= 4 is 38.6 Å². The number of hydrogen-bond donors (Lipinski definition) is 0. The molecule has 1 heteroatoms. The Kier molecular flexibility index (Phi) is 8.95. The fraction of sp³-hybridized carbons (Fsp3) is 0. The van der Waals surface area contributed by atoms with Crippen LogP contribution in [-0.4, -0.2) is 0 Å². The number of fused-ring (bicyclic) bond motifs is 3. The topological polar surface area (TPSA) is 3.24 Å². The predicted molar refractivity (Wildman–Crippen MR) is 243 cm³/mol. The molecule has 0 saturated carbocycles. The van der Waals surface area contributed by atoms with Gasteiger partial charge in [-0.1, -0.05) is 200 Å². The molecule has 0 aliphatic carbocycles. The van der Waals surface area contributed by atoms with Crippen LogP contribution in [0, 0.1) is 0 Å². The molecule has 0 aliphatic rings. The monoisotopic (exact) mass is 725 g/mol. The summed E-state index contributed by atoms with van der Waals surface area (Å²) in [6.45, 7) is 0. The first kappa shape index (κ1) is 34.0. The Morgan fingerprint density at radius 2 is 0.509 bits per heavy atom. The third-order valence-electron chi connectivity index (χ3n) is 11.1. The van der Waals surface area contributed by atoms with Crippen molar-refractivity contribution in [2.45, 2.75) is 0 Å². The van der Waals surface area contributed by atoms with Gasteiger partial charge in [-0.05, 0) is 114 Å². The van der Waals surface area contributed by atoms with Crippen LogP contribution in [0.5, 0.6) is 0 Å². The molecule has 0 radical (unpaired) electrons. The molecule has 0 saturated heterocycles. The molecular weight excluding hydrogens is 687 g/mol. The van der Waals surface area contributed by atoms with Gasteiger partial charge in [0.15, 0.2) is 0 Å². The molecule has 0 atom stereocenters. The van der Waals surface area contributed by atoms with Crippen LogP contribution in [0.4, 0.5) is 17.1 Å². The van der Waals surface area contributed by atoms with Crippen molar-refractivity contribution in [2.24, 2.45) is 0 Å². The first-order chi connectivity index (χ1) is 28.3. The van der Waals surface area contributed by atoms with Gasteiger partial charge in [0.05, 0.1) is 0 Å². The third-order valence-corrected chi connectivity index (χ3v) is 11.1. The Morgan fingerprint density at radius 1 is 0.193 bits per heavy atom. The minimum atomic E-state index is 1.09. The average molecular weight is 726 g/mol. The zero-order valence-electron chi connectivity index (χ0n) is 31.5. The van der Waals surface area contributed by atoms with Gasteiger partial charge in [-0.2, -0.15) is 0 Å². The Labute approximate surface area is 334 Å². The van der Waals surface area contributed by atoms with Gasteiger partial charge in [0.1, 0.15) is 0 Å². The molecule has 0 fully saturated rings. The molecule has 0 aromatic heterocycles. The van der Waals surface area contributed by atoms with Crippen molar-refractivity contribution in [1.82, 2.24) is 0 Å². The van der Waals surface area contributed by atoms with Crippen molar-refractivity contribution in [3.8, 4) is 55.6 Å². The highest BCUT2D eigenvalue weighted by atomic mass is 15.1. The largest absolute Gasteiger partial charge is 0.310 e. The molecule has 0 heterocycles. The van der Waals surface area contributed by atoms with Gasteiger partial charge < -0.3 is 4.90 Å². The van der Waals surface area contributed by atoms with Crippen molar-refractivity contribution in [3.05, 3.63) is 237 Å². The minimum Gasteiger partial charge on any atom is -0.310 e. The van der Waals surface area contributed by atoms with E-state index in [1.165, 1.54) is 77.2 Å². The lowest BCUT2D eigenvalue weighted by molar-refractivity contribution is 1.28. The molecule has 0 bridgehead atoms. The van der Waals surface area contributed by atoms with Crippen LogP contribution in [0.2, 0.25) is 0 Å². The van der Waals surface area contributed by atoms with Crippen LogP contribution in [0.1, 0.15) is 0 Å². The maximum atomic E-state index is 2.38. The molecule has 10 aromatic carbocycles. The molecule has 0 spiro atoms. The van der Waals surface area contributed by atoms with Gasteiger partial charge in [0.25, 0.3) is 0 Å². The van der Waals surface area contributed by atoms with Crippen LogP contribution >= 0.6 is 0 Å². The van der Waals surface area contributed by atoms with Gasteiger partial charge in [0, 0.05) is 17.1 Å². The summed E-state index contributed by atoms with van der Waals surface area (Å²) in [5.41, 5.74) is 15.4. The zero-order chi connectivity index (χ0) is 38.0. The standard InChI is InChI=1S/C56H39N/c1-4-16-40(17-5-1)42-30-32-43(33-31-42)47-23-15-25-50(39-47)57(49-24-14-22-46(38-49)41-18-6-2-7-19-41)48-36-34-45(35-37-48)56-54-29-13-11-27-52(54)51-26-10-12-28-53(51)55(56)44-20-8-3-9-21-44/h1-39H. The van der Waals surface area contributed by atoms with Crippen LogP contribution < -0.4 is 4.90 Å². The number of rotatable bonds is 8. The molecule has 268 valence electrons. The lowest BCUT2D eigenvalue weighted by atomic mass is 9.85. The molecular formula is C56H39N. The third kappa shape index (κ3) is 6.56. The van der Waals surface area contributed by atoms with Crippen molar-refractivity contribution in [2.75, 3.05) is 4.90 Å². The van der Waals surface area contributed by atoms with Gasteiger partial charge in [-0.25, -0.2) is 0 Å². The molecule has 57 heavy (non-hydrogen) atoms. The van der Waals surface area contributed by atoms with E-state index in [0.29, 0.717) is 0 Å². The van der Waals surface area contributed by atoms with Crippen LogP contribution in [0.25, 0.3) is 77.2 Å². The summed E-state index contributed by atoms with van der Waals surface area (Å²) in [7, 11) is 0. The Hall–Kier alpha value is -7.48. The molecule has 0 unspecified atom stereocenters. The molecule has 0 amide bonds. The number of hydrogen-bond acceptors (Lipinski definition) is 1. The number of benzene rings is 10. The second kappa shape index (κ2) is 15.0. The SMILES string of the molecule is c1ccc(-c2ccc(-c3cccc(N(c4ccc(-c5c(-c6ccccc6)c6ccccc6c6ccccc56)cc4)c4cccc(-c5ccccc5)c4)c3)cc2)cc1. The summed E-state index contributed by atoms with van der Waals surface area (Å²) in [5, 5.41) is 5.04. The number of nitrogens with zero attached hydrogens (tertiary/aromatic N) is 1. The van der Waals surface area contributed by atoms with E-state index in [4.69, 9.17) is 0 Å². The fourth-order valence-corrected chi connectivity index (χ4v) is 8.34. The van der Waals surface area contributed by atoms with Crippen molar-refractivity contribution in [3.63, 3.8) is 0 Å². The first-order valence-corrected chi connectivity index (χ1v) is 19.6. The second-order valence-corrected chi connectivity index (χ2v) is 14.5. The van der Waals surface area contributed by atoms with E-state index in [0.717, 1.165) is 17.1 Å². The van der Waals surface area contributed by atoms with Gasteiger partial charge >= 0.3 is 0 Å². The minimum absolute atomic E-state index is 1.09. The van der Waals surface area contributed by atoms with Crippen molar-refractivity contribution in [1.29, 1.82) is 0 Å². The Bertz CT molecular complexity index is 2970. The Morgan fingerprint density at radius 3 is 0.982 bits per heavy atom. The van der Waals surface area contributed by atoms with Crippen molar-refractivity contribution < 1.29 is 0 Å². The Balaban J connectivity index is 1.12. The highest BCUT2D eigenvalue weighted by Crippen LogP contribution is 2.46. The summed E-state index contributed by atoms with van der Waals surface area (Å²) >= 11 is 0. The van der Waals surface area contributed by atoms with Crippen LogP contribution in [-0.2, 0) is 0 Å². The molecule has 0 aliphatic heterocycles. The molecule has 10 aromatic rings. The lowest BCUT2D eigenvalue weighted by Gasteiger charge is -2.27. The highest BCUT2D eigenvalue weighted by molar-refractivity contribution is 6.21. The number of anilines is 3. The van der Waals surface area contributed by atoms with E-state index < -0.39 is 0 Å². The summed E-state index contributed by atoms with van der Waals surface area (Å²) in [4.78, 5) is 2.38. The second-order valence-electron chi connectivity index (χ2n) is 14.5. The van der Waals surface area contributed by atoms with Crippen LogP contribution in [0.3, 0.4) is 0 Å². The maximum absolute atomic E-state index is 2.38. The normalized spacial score (nSPS) is 11.2. The fourth-order valence-electron chi connectivity index (χ4n) is 8.34. The predicted octanol–water partition coefficient (Wildman–Crippen LogP) is 15.8. The molecule has 1 nitrogen and oxygen atoms in total. The lowest BCUT2D eigenvalue weighted by Crippen LogP contribution is -2.10. The highest BCUT2D eigenvalue weighted by Gasteiger charge is 2.19. The van der Waals surface area contributed by atoms with E-state index in [2.05, 4.69) is 241 Å². The zero-order valence-corrected chi connectivity index (χ0v) is 31.5. The van der Waals surface area contributed by atoms with Gasteiger partial charge in [0.2, 0.25) is 0 Å². The average Bonchev–Trinajstić information content (AvgIpc) is 3.30. The quantitative estimate of drug-likeness (QED) is 0.141. The van der Waals surface area contributed by atoms with Gasteiger partial charge in [-0.3, -0.25) is 0 Å². The summed E-state index contributed by atoms with van der Waals surface area (Å²) in [6, 6.07) is 85.6.